The summed E-state index contributed by atoms with van der Waals surface area (Å²) in [6.07, 6.45) is -3.86. The molecule has 0 aliphatic carbocycles. The molecule has 1 saturated heterocycles. The first-order valence-electron chi connectivity index (χ1n) is 8.74. The normalized spacial score (nSPS) is 14.2. The van der Waals surface area contributed by atoms with Crippen molar-refractivity contribution in [2.45, 2.75) is 18.8 Å². The topological polar surface area (TPSA) is 72.9 Å². The van der Waals surface area contributed by atoms with Gasteiger partial charge in [-0.25, -0.2) is 9.78 Å². The highest BCUT2D eigenvalue weighted by Gasteiger charge is 2.38. The number of methoxy groups -OCH3 is 2. The fraction of sp³-hybridized carbons (Fsp3) is 0.368. The van der Waals surface area contributed by atoms with Crippen LogP contribution in [0.4, 0.5) is 18.0 Å². The molecule has 0 unspecified atom stereocenters. The summed E-state index contributed by atoms with van der Waals surface area (Å²) in [7, 11) is 3.05. The van der Waals surface area contributed by atoms with Crippen molar-refractivity contribution >= 4 is 6.03 Å². The Kier molecular flexibility index (Phi) is 6.00. The molecule has 2 aromatic rings. The number of alkyl halides is 3. The zero-order chi connectivity index (χ0) is 21.0. The molecule has 1 aliphatic rings. The molecular formula is C19H20F3N3O4. The van der Waals surface area contributed by atoms with Gasteiger partial charge in [0, 0.05) is 12.7 Å². The van der Waals surface area contributed by atoms with Crippen molar-refractivity contribution in [2.75, 3.05) is 27.3 Å². The molecule has 156 valence electrons. The number of benzene rings is 1. The number of nitrogens with one attached hydrogen (secondary N) is 1. The molecule has 10 heteroatoms. The van der Waals surface area contributed by atoms with E-state index in [1.165, 1.54) is 31.4 Å². The number of urea groups is 1. The second kappa shape index (κ2) is 8.46. The lowest BCUT2D eigenvalue weighted by Gasteiger charge is -2.38. The molecule has 0 radical (unpaired) electrons. The van der Waals surface area contributed by atoms with Crippen LogP contribution >= 0.6 is 0 Å². The van der Waals surface area contributed by atoms with Gasteiger partial charge in [-0.2, -0.15) is 13.2 Å². The first kappa shape index (κ1) is 20.6. The summed E-state index contributed by atoms with van der Waals surface area (Å²) in [6, 6.07) is 7.05. The second-order valence-electron chi connectivity index (χ2n) is 6.35. The number of hydrogen-bond acceptors (Lipinski definition) is 5. The second-order valence-corrected chi connectivity index (χ2v) is 6.35. The molecule has 29 heavy (non-hydrogen) atoms. The van der Waals surface area contributed by atoms with Crippen molar-refractivity contribution in [3.63, 3.8) is 0 Å². The molecule has 7 nitrogen and oxygen atoms in total. The summed E-state index contributed by atoms with van der Waals surface area (Å²) in [5.74, 6) is 0.654. The average molecular weight is 411 g/mol. The minimum Gasteiger partial charge on any atom is -0.493 e. The number of likely N-dealkylation sites (tertiary alicyclic amines) is 1. The maximum atomic E-state index is 13.0. The van der Waals surface area contributed by atoms with E-state index in [1.54, 1.807) is 18.2 Å². The van der Waals surface area contributed by atoms with Crippen LogP contribution in [0.5, 0.6) is 17.4 Å². The number of halogens is 3. The maximum absolute atomic E-state index is 13.0. The highest BCUT2D eigenvalue weighted by Crippen LogP contribution is 2.35. The van der Waals surface area contributed by atoms with Crippen LogP contribution in [0.25, 0.3) is 0 Å². The number of pyridine rings is 1. The standard InChI is InChI=1S/C19H20F3N3O4/c1-27-15-6-5-12(8-16(15)28-2)9-24-18(26)25-10-13(11-25)29-17-14(19(20,21)22)4-3-7-23-17/h3-8,13H,9-11H2,1-2H3,(H,24,26). The average Bonchev–Trinajstić information content (AvgIpc) is 2.67. The first-order valence-corrected chi connectivity index (χ1v) is 8.74. The van der Waals surface area contributed by atoms with E-state index in [9.17, 15) is 18.0 Å². The molecule has 1 N–H and O–H groups in total. The van der Waals surface area contributed by atoms with Crippen LogP contribution in [0.3, 0.4) is 0 Å². The van der Waals surface area contributed by atoms with Gasteiger partial charge in [-0.05, 0) is 29.8 Å². The van der Waals surface area contributed by atoms with E-state index in [1.807, 2.05) is 0 Å². The lowest BCUT2D eigenvalue weighted by molar-refractivity contribution is -0.140. The van der Waals surface area contributed by atoms with E-state index in [-0.39, 0.29) is 25.7 Å². The fourth-order valence-corrected chi connectivity index (χ4v) is 2.82. The Morgan fingerprint density at radius 1 is 1.21 bits per heavy atom. The van der Waals surface area contributed by atoms with Crippen LogP contribution in [0.1, 0.15) is 11.1 Å². The van der Waals surface area contributed by atoms with Gasteiger partial charge >= 0.3 is 12.2 Å². The summed E-state index contributed by atoms with van der Waals surface area (Å²) in [5, 5.41) is 2.75. The van der Waals surface area contributed by atoms with E-state index in [0.717, 1.165) is 11.6 Å². The Balaban J connectivity index is 1.50. The van der Waals surface area contributed by atoms with E-state index in [4.69, 9.17) is 14.2 Å². The monoisotopic (exact) mass is 411 g/mol. The number of nitrogens with zero attached hydrogens (tertiary/aromatic N) is 2. The van der Waals surface area contributed by atoms with Gasteiger partial charge in [-0.1, -0.05) is 6.07 Å². The summed E-state index contributed by atoms with van der Waals surface area (Å²) in [5.41, 5.74) is -0.121. The summed E-state index contributed by atoms with van der Waals surface area (Å²) in [4.78, 5) is 17.3. The Morgan fingerprint density at radius 3 is 2.59 bits per heavy atom. The Labute approximate surface area is 165 Å². The summed E-state index contributed by atoms with van der Waals surface area (Å²) >= 11 is 0. The highest BCUT2D eigenvalue weighted by atomic mass is 19.4. The van der Waals surface area contributed by atoms with E-state index in [0.29, 0.717) is 11.5 Å². The third kappa shape index (κ3) is 4.82. The Morgan fingerprint density at radius 2 is 1.93 bits per heavy atom. The zero-order valence-corrected chi connectivity index (χ0v) is 15.8. The largest absolute Gasteiger partial charge is 0.493 e. The molecule has 0 saturated carbocycles. The molecular weight excluding hydrogens is 391 g/mol. The smallest absolute Gasteiger partial charge is 0.421 e. The molecule has 1 aromatic heterocycles. The zero-order valence-electron chi connectivity index (χ0n) is 15.8. The van der Waals surface area contributed by atoms with Gasteiger partial charge in [0.25, 0.3) is 0 Å². The van der Waals surface area contributed by atoms with Crippen LogP contribution in [0.15, 0.2) is 36.5 Å². The minimum atomic E-state index is -4.55. The van der Waals surface area contributed by atoms with Crippen LogP contribution in [0.2, 0.25) is 0 Å². The van der Waals surface area contributed by atoms with Gasteiger partial charge in [-0.3, -0.25) is 0 Å². The third-order valence-electron chi connectivity index (χ3n) is 4.38. The van der Waals surface area contributed by atoms with Gasteiger partial charge in [0.15, 0.2) is 11.5 Å². The summed E-state index contributed by atoms with van der Waals surface area (Å²) in [6.45, 7) is 0.608. The number of carbonyl (C=O) groups is 1. The number of amides is 2. The van der Waals surface area contributed by atoms with E-state index < -0.39 is 23.7 Å². The van der Waals surface area contributed by atoms with E-state index >= 15 is 0 Å². The van der Waals surface area contributed by atoms with Crippen LogP contribution in [-0.4, -0.2) is 49.3 Å². The highest BCUT2D eigenvalue weighted by molar-refractivity contribution is 5.75. The van der Waals surface area contributed by atoms with Crippen LogP contribution in [-0.2, 0) is 12.7 Å². The molecule has 0 atom stereocenters. The molecule has 1 aromatic carbocycles. The molecule has 0 bridgehead atoms. The number of aromatic nitrogens is 1. The Bertz CT molecular complexity index is 870. The number of rotatable bonds is 6. The van der Waals surface area contributed by atoms with Gasteiger partial charge < -0.3 is 24.4 Å². The van der Waals surface area contributed by atoms with Crippen molar-refractivity contribution in [3.05, 3.63) is 47.7 Å². The maximum Gasteiger partial charge on any atom is 0.421 e. The van der Waals surface area contributed by atoms with Gasteiger partial charge in [-0.15, -0.1) is 0 Å². The predicted molar refractivity (Wildman–Crippen MR) is 97.0 cm³/mol. The predicted octanol–water partition coefficient (Wildman–Crippen LogP) is 3.09. The molecule has 3 rings (SSSR count). The number of hydrogen-bond donors (Lipinski definition) is 1. The number of carbonyl (C=O) groups excluding carboxylic acids is 1. The molecule has 1 fully saturated rings. The van der Waals surface area contributed by atoms with E-state index in [2.05, 4.69) is 10.3 Å². The van der Waals surface area contributed by atoms with Gasteiger partial charge in [0.05, 0.1) is 27.3 Å². The van der Waals surface area contributed by atoms with Crippen molar-refractivity contribution in [2.24, 2.45) is 0 Å². The number of ether oxygens (including phenoxy) is 3. The molecule has 1 aliphatic heterocycles. The van der Waals surface area contributed by atoms with Gasteiger partial charge in [0.2, 0.25) is 5.88 Å². The fourth-order valence-electron chi connectivity index (χ4n) is 2.82. The molecule has 2 amide bonds. The first-order chi connectivity index (χ1) is 13.8. The third-order valence-corrected chi connectivity index (χ3v) is 4.38. The lowest BCUT2D eigenvalue weighted by Crippen LogP contribution is -2.58. The molecule has 2 heterocycles. The van der Waals surface area contributed by atoms with Crippen LogP contribution < -0.4 is 19.5 Å². The van der Waals surface area contributed by atoms with Crippen LogP contribution in [0, 0.1) is 0 Å². The molecule has 0 spiro atoms. The van der Waals surface area contributed by atoms with Crippen molar-refractivity contribution in [1.29, 1.82) is 0 Å². The van der Waals surface area contributed by atoms with Crippen molar-refractivity contribution in [3.8, 4) is 17.4 Å². The quantitative estimate of drug-likeness (QED) is 0.791. The lowest BCUT2D eigenvalue weighted by atomic mass is 10.1. The van der Waals surface area contributed by atoms with Crippen molar-refractivity contribution < 1.29 is 32.2 Å². The van der Waals surface area contributed by atoms with Crippen molar-refractivity contribution in [1.82, 2.24) is 15.2 Å². The minimum absolute atomic E-state index is 0.172. The SMILES string of the molecule is COc1ccc(CNC(=O)N2CC(Oc3ncccc3C(F)(F)F)C2)cc1OC. The Hall–Kier alpha value is -3.17. The summed E-state index contributed by atoms with van der Waals surface area (Å²) < 4.78 is 54.6. The van der Waals surface area contributed by atoms with Gasteiger partial charge in [0.1, 0.15) is 11.7 Å².